The lowest BCUT2D eigenvalue weighted by atomic mass is 10.1. The number of benzene rings is 2. The summed E-state index contributed by atoms with van der Waals surface area (Å²) in [6, 6.07) is 18.2. The standard InChI is InChI=1S/C17H20OS.C2H6/c1-4-17(2,3)19-16-12-10-15(11-13-16)18-14-8-6-5-7-9-14;1-2/h5-13H,4H2,1-3H3;1-2H3. The number of ether oxygens (including phenoxy) is 1. The second-order valence-corrected chi connectivity index (χ2v) is 6.88. The van der Waals surface area contributed by atoms with Crippen molar-refractivity contribution in [2.45, 2.75) is 50.7 Å². The maximum atomic E-state index is 5.78. The molecule has 2 rings (SSSR count). The number of thioether (sulfide) groups is 1. The van der Waals surface area contributed by atoms with Crippen molar-refractivity contribution in [3.8, 4) is 11.5 Å². The Morgan fingerprint density at radius 3 is 1.90 bits per heavy atom. The van der Waals surface area contributed by atoms with Gasteiger partial charge in [0.1, 0.15) is 11.5 Å². The van der Waals surface area contributed by atoms with Gasteiger partial charge in [0.15, 0.2) is 0 Å². The highest BCUT2D eigenvalue weighted by Crippen LogP contribution is 2.35. The van der Waals surface area contributed by atoms with Crippen LogP contribution in [0, 0.1) is 0 Å². The van der Waals surface area contributed by atoms with Crippen molar-refractivity contribution in [2.24, 2.45) is 0 Å². The van der Waals surface area contributed by atoms with E-state index in [9.17, 15) is 0 Å². The number of hydrogen-bond acceptors (Lipinski definition) is 2. The first-order valence-corrected chi connectivity index (χ1v) is 8.43. The Labute approximate surface area is 133 Å². The summed E-state index contributed by atoms with van der Waals surface area (Å²) in [7, 11) is 0. The molecule has 0 aliphatic rings. The van der Waals surface area contributed by atoms with Gasteiger partial charge in [-0.1, -0.05) is 52.8 Å². The molecule has 0 aliphatic heterocycles. The highest BCUT2D eigenvalue weighted by Gasteiger charge is 2.16. The summed E-state index contributed by atoms with van der Waals surface area (Å²) in [5.41, 5.74) is 0. The van der Waals surface area contributed by atoms with E-state index in [-0.39, 0.29) is 4.75 Å². The number of para-hydroxylation sites is 1. The van der Waals surface area contributed by atoms with Gasteiger partial charge in [-0.2, -0.15) is 0 Å². The molecule has 2 aromatic rings. The third kappa shape index (κ3) is 6.26. The molecule has 0 aromatic heterocycles. The summed E-state index contributed by atoms with van der Waals surface area (Å²) in [5.74, 6) is 1.75. The summed E-state index contributed by atoms with van der Waals surface area (Å²) < 4.78 is 6.06. The first-order chi connectivity index (χ1) is 10.1. The van der Waals surface area contributed by atoms with Gasteiger partial charge in [0.05, 0.1) is 0 Å². The van der Waals surface area contributed by atoms with Crippen LogP contribution in [0.3, 0.4) is 0 Å². The Balaban J connectivity index is 0.00000106. The smallest absolute Gasteiger partial charge is 0.127 e. The SMILES string of the molecule is CC.CCC(C)(C)Sc1ccc(Oc2ccccc2)cc1. The van der Waals surface area contributed by atoms with Crippen molar-refractivity contribution in [1.82, 2.24) is 0 Å². The van der Waals surface area contributed by atoms with Gasteiger partial charge >= 0.3 is 0 Å². The van der Waals surface area contributed by atoms with Crippen LogP contribution >= 0.6 is 11.8 Å². The second kappa shape index (κ2) is 8.78. The molecule has 114 valence electrons. The molecule has 0 spiro atoms. The van der Waals surface area contributed by atoms with Crippen LogP contribution in [0.4, 0.5) is 0 Å². The van der Waals surface area contributed by atoms with Gasteiger partial charge in [0.25, 0.3) is 0 Å². The van der Waals surface area contributed by atoms with Gasteiger partial charge < -0.3 is 4.74 Å². The highest BCUT2D eigenvalue weighted by molar-refractivity contribution is 8.00. The summed E-state index contributed by atoms with van der Waals surface area (Å²) in [4.78, 5) is 1.28. The fraction of sp³-hybridized carbons (Fsp3) is 0.368. The molecule has 0 atom stereocenters. The third-order valence-electron chi connectivity index (χ3n) is 3.05. The number of rotatable bonds is 5. The van der Waals surface area contributed by atoms with E-state index in [4.69, 9.17) is 4.74 Å². The average Bonchev–Trinajstić information content (AvgIpc) is 2.52. The lowest BCUT2D eigenvalue weighted by molar-refractivity contribution is 0.482. The van der Waals surface area contributed by atoms with Gasteiger partial charge in [-0.15, -0.1) is 11.8 Å². The molecular weight excluding hydrogens is 276 g/mol. The van der Waals surface area contributed by atoms with Gasteiger partial charge in [-0.25, -0.2) is 0 Å². The van der Waals surface area contributed by atoms with Crippen molar-refractivity contribution in [1.29, 1.82) is 0 Å². The first-order valence-electron chi connectivity index (χ1n) is 7.61. The van der Waals surface area contributed by atoms with E-state index < -0.39 is 0 Å². The van der Waals surface area contributed by atoms with Crippen LogP contribution in [0.15, 0.2) is 59.5 Å². The molecule has 0 N–H and O–H groups in total. The minimum atomic E-state index is 0.280. The van der Waals surface area contributed by atoms with E-state index >= 15 is 0 Å². The highest BCUT2D eigenvalue weighted by atomic mass is 32.2. The fourth-order valence-corrected chi connectivity index (χ4v) is 2.65. The second-order valence-electron chi connectivity index (χ2n) is 5.10. The summed E-state index contributed by atoms with van der Waals surface area (Å²) in [6.45, 7) is 10.8. The zero-order valence-electron chi connectivity index (χ0n) is 13.7. The third-order valence-corrected chi connectivity index (χ3v) is 4.40. The van der Waals surface area contributed by atoms with Crippen LogP contribution in [-0.2, 0) is 0 Å². The van der Waals surface area contributed by atoms with E-state index in [2.05, 4.69) is 32.9 Å². The van der Waals surface area contributed by atoms with Crippen LogP contribution in [0.2, 0.25) is 0 Å². The molecule has 0 amide bonds. The topological polar surface area (TPSA) is 9.23 Å². The first kappa shape index (κ1) is 17.6. The molecule has 0 bridgehead atoms. The molecule has 0 saturated heterocycles. The molecular formula is C19H26OS. The maximum absolute atomic E-state index is 5.78. The van der Waals surface area contributed by atoms with Crippen molar-refractivity contribution < 1.29 is 4.74 Å². The molecule has 0 saturated carbocycles. The largest absolute Gasteiger partial charge is 0.457 e. The molecule has 0 radical (unpaired) electrons. The van der Waals surface area contributed by atoms with Crippen molar-refractivity contribution >= 4 is 11.8 Å². The number of hydrogen-bond donors (Lipinski definition) is 0. The Hall–Kier alpha value is -1.41. The van der Waals surface area contributed by atoms with Gasteiger partial charge in [0.2, 0.25) is 0 Å². The summed E-state index contributed by atoms with van der Waals surface area (Å²) >= 11 is 1.91. The molecule has 1 nitrogen and oxygen atoms in total. The predicted molar refractivity (Wildman–Crippen MR) is 94.5 cm³/mol. The lowest BCUT2D eigenvalue weighted by Gasteiger charge is -2.21. The fourth-order valence-electron chi connectivity index (χ4n) is 1.59. The van der Waals surface area contributed by atoms with Crippen molar-refractivity contribution in [3.63, 3.8) is 0 Å². The maximum Gasteiger partial charge on any atom is 0.127 e. The van der Waals surface area contributed by atoms with E-state index in [0.717, 1.165) is 17.9 Å². The van der Waals surface area contributed by atoms with Crippen LogP contribution in [0.25, 0.3) is 0 Å². The van der Waals surface area contributed by atoms with E-state index in [1.807, 2.05) is 68.1 Å². The zero-order valence-corrected chi connectivity index (χ0v) is 14.5. The van der Waals surface area contributed by atoms with E-state index in [1.54, 1.807) is 0 Å². The molecule has 2 heteroatoms. The summed E-state index contributed by atoms with van der Waals surface area (Å²) in [6.07, 6.45) is 1.15. The molecule has 0 heterocycles. The minimum Gasteiger partial charge on any atom is -0.457 e. The van der Waals surface area contributed by atoms with Crippen molar-refractivity contribution in [3.05, 3.63) is 54.6 Å². The van der Waals surface area contributed by atoms with E-state index in [0.29, 0.717) is 0 Å². The minimum absolute atomic E-state index is 0.280. The monoisotopic (exact) mass is 302 g/mol. The van der Waals surface area contributed by atoms with Crippen molar-refractivity contribution in [2.75, 3.05) is 0 Å². The molecule has 0 fully saturated rings. The lowest BCUT2D eigenvalue weighted by Crippen LogP contribution is -2.11. The zero-order chi connectivity index (χ0) is 15.7. The molecule has 2 aromatic carbocycles. The normalized spacial score (nSPS) is 10.5. The van der Waals surface area contributed by atoms with Crippen LogP contribution in [-0.4, -0.2) is 4.75 Å². The quantitative estimate of drug-likeness (QED) is 0.562. The Morgan fingerprint density at radius 1 is 0.857 bits per heavy atom. The Kier molecular flexibility index (Phi) is 7.38. The van der Waals surface area contributed by atoms with Gasteiger partial charge in [-0.3, -0.25) is 0 Å². The van der Waals surface area contributed by atoms with Gasteiger partial charge in [-0.05, 0) is 42.8 Å². The summed E-state index contributed by atoms with van der Waals surface area (Å²) in [5, 5.41) is 0. The van der Waals surface area contributed by atoms with Crippen LogP contribution in [0.5, 0.6) is 11.5 Å². The van der Waals surface area contributed by atoms with Gasteiger partial charge in [0, 0.05) is 9.64 Å². The molecule has 0 unspecified atom stereocenters. The Morgan fingerprint density at radius 2 is 1.38 bits per heavy atom. The molecule has 21 heavy (non-hydrogen) atoms. The molecule has 0 aliphatic carbocycles. The Bertz CT molecular complexity index is 503. The average molecular weight is 302 g/mol. The predicted octanol–water partition coefficient (Wildman–Crippen LogP) is 6.79. The van der Waals surface area contributed by atoms with Crippen LogP contribution in [0.1, 0.15) is 41.0 Å². The van der Waals surface area contributed by atoms with E-state index in [1.165, 1.54) is 4.90 Å². The van der Waals surface area contributed by atoms with Crippen LogP contribution < -0.4 is 4.74 Å².